The molecule has 1 heterocycles. The van der Waals surface area contributed by atoms with Crippen LogP contribution in [0.2, 0.25) is 0 Å². The maximum Gasteiger partial charge on any atom is 0.244 e. The highest BCUT2D eigenvalue weighted by Crippen LogP contribution is 2.13. The first kappa shape index (κ1) is 12.4. The normalized spacial score (nSPS) is 10.3. The van der Waals surface area contributed by atoms with Crippen LogP contribution in [0.4, 0.5) is 5.69 Å². The Hall–Kier alpha value is -2.10. The number of aromatic nitrogens is 2. The molecule has 0 bridgehead atoms. The zero-order valence-corrected chi connectivity index (χ0v) is 10.7. The summed E-state index contributed by atoms with van der Waals surface area (Å²) in [6.45, 7) is 4.31. The first-order valence-electron chi connectivity index (χ1n) is 6.06. The highest BCUT2D eigenvalue weighted by atomic mass is 16.1. The molecule has 0 aliphatic rings. The highest BCUT2D eigenvalue weighted by Gasteiger charge is 2.07. The van der Waals surface area contributed by atoms with Crippen molar-refractivity contribution in [3.8, 4) is 0 Å². The van der Waals surface area contributed by atoms with Gasteiger partial charge in [0.1, 0.15) is 12.4 Å². The van der Waals surface area contributed by atoms with Gasteiger partial charge in [-0.05, 0) is 18.6 Å². The number of para-hydroxylation sites is 1. The van der Waals surface area contributed by atoms with Gasteiger partial charge in [-0.1, -0.05) is 25.1 Å². The first-order valence-corrected chi connectivity index (χ1v) is 6.06. The quantitative estimate of drug-likeness (QED) is 0.896. The van der Waals surface area contributed by atoms with E-state index >= 15 is 0 Å². The van der Waals surface area contributed by atoms with E-state index in [0.29, 0.717) is 6.54 Å². The van der Waals surface area contributed by atoms with Crippen LogP contribution < -0.4 is 5.32 Å². The molecule has 0 saturated heterocycles. The summed E-state index contributed by atoms with van der Waals surface area (Å²) in [6.07, 6.45) is 4.38. The fourth-order valence-electron chi connectivity index (χ4n) is 1.86. The van der Waals surface area contributed by atoms with Gasteiger partial charge in [-0.2, -0.15) is 0 Å². The van der Waals surface area contributed by atoms with E-state index < -0.39 is 0 Å². The highest BCUT2D eigenvalue weighted by molar-refractivity contribution is 5.91. The predicted molar refractivity (Wildman–Crippen MR) is 71.4 cm³/mol. The maximum absolute atomic E-state index is 11.9. The van der Waals surface area contributed by atoms with Crippen molar-refractivity contribution < 1.29 is 4.79 Å². The van der Waals surface area contributed by atoms with Crippen LogP contribution in [0.5, 0.6) is 0 Å². The average molecular weight is 243 g/mol. The Morgan fingerprint density at radius 1 is 1.39 bits per heavy atom. The number of carbonyl (C=O) groups excluding carboxylic acids is 1. The molecule has 0 atom stereocenters. The number of hydrogen-bond acceptors (Lipinski definition) is 2. The molecule has 2 aromatic rings. The third-order valence-corrected chi connectivity index (χ3v) is 2.85. The minimum Gasteiger partial charge on any atom is -0.326 e. The second-order valence-electron chi connectivity index (χ2n) is 4.19. The van der Waals surface area contributed by atoms with Crippen molar-refractivity contribution in [2.45, 2.75) is 26.8 Å². The van der Waals surface area contributed by atoms with Crippen LogP contribution in [-0.2, 0) is 17.8 Å². The van der Waals surface area contributed by atoms with Crippen molar-refractivity contribution in [3.63, 3.8) is 0 Å². The number of imidazole rings is 1. The summed E-state index contributed by atoms with van der Waals surface area (Å²) in [5.74, 6) is 0.895. The van der Waals surface area contributed by atoms with Crippen molar-refractivity contribution >= 4 is 11.6 Å². The van der Waals surface area contributed by atoms with Gasteiger partial charge in [0.25, 0.3) is 0 Å². The topological polar surface area (TPSA) is 46.9 Å². The van der Waals surface area contributed by atoms with Crippen molar-refractivity contribution in [3.05, 3.63) is 48.0 Å². The number of aryl methyl sites for hydroxylation is 2. The molecular weight excluding hydrogens is 226 g/mol. The summed E-state index contributed by atoms with van der Waals surface area (Å²) >= 11 is 0. The van der Waals surface area contributed by atoms with Gasteiger partial charge >= 0.3 is 0 Å². The molecule has 94 valence electrons. The van der Waals surface area contributed by atoms with Crippen LogP contribution in [0, 0.1) is 6.92 Å². The Balaban J connectivity index is 2.04. The molecule has 0 saturated carbocycles. The molecule has 0 radical (unpaired) electrons. The molecule has 18 heavy (non-hydrogen) atoms. The number of nitrogens with one attached hydrogen (secondary N) is 1. The molecule has 1 aromatic heterocycles. The van der Waals surface area contributed by atoms with Gasteiger partial charge in [-0.3, -0.25) is 4.79 Å². The van der Waals surface area contributed by atoms with E-state index in [1.54, 1.807) is 6.20 Å². The van der Waals surface area contributed by atoms with E-state index in [4.69, 9.17) is 0 Å². The van der Waals surface area contributed by atoms with Crippen LogP contribution in [0.15, 0.2) is 36.7 Å². The summed E-state index contributed by atoms with van der Waals surface area (Å²) < 4.78 is 1.87. The molecule has 1 aromatic carbocycles. The van der Waals surface area contributed by atoms with E-state index in [2.05, 4.69) is 10.3 Å². The summed E-state index contributed by atoms with van der Waals surface area (Å²) in [4.78, 5) is 16.1. The van der Waals surface area contributed by atoms with Gasteiger partial charge < -0.3 is 9.88 Å². The number of benzene rings is 1. The third kappa shape index (κ3) is 2.77. The van der Waals surface area contributed by atoms with E-state index in [1.165, 1.54) is 0 Å². The zero-order chi connectivity index (χ0) is 13.0. The van der Waals surface area contributed by atoms with Gasteiger partial charge in [-0.15, -0.1) is 0 Å². The Morgan fingerprint density at radius 2 is 2.17 bits per heavy atom. The summed E-state index contributed by atoms with van der Waals surface area (Å²) in [7, 11) is 0. The van der Waals surface area contributed by atoms with Crippen molar-refractivity contribution in [1.82, 2.24) is 9.55 Å². The largest absolute Gasteiger partial charge is 0.326 e. The average Bonchev–Trinajstić information content (AvgIpc) is 2.79. The van der Waals surface area contributed by atoms with Crippen molar-refractivity contribution in [2.75, 3.05) is 5.32 Å². The number of amides is 1. The van der Waals surface area contributed by atoms with Crippen LogP contribution in [-0.4, -0.2) is 15.5 Å². The molecule has 0 unspecified atom stereocenters. The van der Waals surface area contributed by atoms with E-state index in [1.807, 2.05) is 48.9 Å². The maximum atomic E-state index is 11.9. The van der Waals surface area contributed by atoms with Gasteiger partial charge in [-0.25, -0.2) is 4.98 Å². The second kappa shape index (κ2) is 5.49. The number of nitrogens with zero attached hydrogens (tertiary/aromatic N) is 2. The lowest BCUT2D eigenvalue weighted by Gasteiger charge is -2.09. The van der Waals surface area contributed by atoms with Crippen LogP contribution >= 0.6 is 0 Å². The second-order valence-corrected chi connectivity index (χ2v) is 4.19. The lowest BCUT2D eigenvalue weighted by molar-refractivity contribution is -0.116. The molecule has 0 spiro atoms. The smallest absolute Gasteiger partial charge is 0.244 e. The summed E-state index contributed by atoms with van der Waals surface area (Å²) in [6, 6.07) is 7.75. The molecule has 0 fully saturated rings. The van der Waals surface area contributed by atoms with Crippen LogP contribution in [0.25, 0.3) is 0 Å². The van der Waals surface area contributed by atoms with Gasteiger partial charge in [0.15, 0.2) is 0 Å². The summed E-state index contributed by atoms with van der Waals surface area (Å²) in [5.41, 5.74) is 1.92. The minimum atomic E-state index is -0.0306. The van der Waals surface area contributed by atoms with Gasteiger partial charge in [0.05, 0.1) is 0 Å². The zero-order valence-electron chi connectivity index (χ0n) is 10.7. The molecule has 2 rings (SSSR count). The molecule has 1 N–H and O–H groups in total. The van der Waals surface area contributed by atoms with Gasteiger partial charge in [0, 0.05) is 24.5 Å². The molecule has 1 amide bonds. The minimum absolute atomic E-state index is 0.0306. The number of hydrogen-bond donors (Lipinski definition) is 1. The van der Waals surface area contributed by atoms with Gasteiger partial charge in [0.2, 0.25) is 5.91 Å². The molecular formula is C14H17N3O. The third-order valence-electron chi connectivity index (χ3n) is 2.85. The summed E-state index contributed by atoms with van der Waals surface area (Å²) in [5, 5.41) is 2.91. The van der Waals surface area contributed by atoms with E-state index in [-0.39, 0.29) is 5.91 Å². The standard InChI is InChI=1S/C14H17N3O/c1-3-13-15-8-9-17(13)10-14(18)16-12-7-5-4-6-11(12)2/h4-9H,3,10H2,1-2H3,(H,16,18). The fraction of sp³-hybridized carbons (Fsp3) is 0.286. The molecule has 0 aliphatic heterocycles. The van der Waals surface area contributed by atoms with Crippen LogP contribution in [0.3, 0.4) is 0 Å². The lowest BCUT2D eigenvalue weighted by atomic mass is 10.2. The van der Waals surface area contributed by atoms with E-state index in [9.17, 15) is 4.79 Å². The van der Waals surface area contributed by atoms with Crippen LogP contribution in [0.1, 0.15) is 18.3 Å². The van der Waals surface area contributed by atoms with E-state index in [0.717, 1.165) is 23.5 Å². The van der Waals surface area contributed by atoms with Crippen molar-refractivity contribution in [1.29, 1.82) is 0 Å². The Bertz CT molecular complexity index is 545. The molecule has 4 nitrogen and oxygen atoms in total. The Kier molecular flexibility index (Phi) is 3.77. The number of rotatable bonds is 4. The van der Waals surface area contributed by atoms with Crippen molar-refractivity contribution in [2.24, 2.45) is 0 Å². The fourth-order valence-corrected chi connectivity index (χ4v) is 1.86. The molecule has 4 heteroatoms. The lowest BCUT2D eigenvalue weighted by Crippen LogP contribution is -2.20. The number of carbonyl (C=O) groups is 1. The monoisotopic (exact) mass is 243 g/mol. The number of anilines is 1. The predicted octanol–water partition coefficient (Wildman–Crippen LogP) is 2.39. The Labute approximate surface area is 107 Å². The first-order chi connectivity index (χ1) is 8.70. The Morgan fingerprint density at radius 3 is 2.89 bits per heavy atom. The molecule has 0 aliphatic carbocycles. The SMILES string of the molecule is CCc1nccn1CC(=O)Nc1ccccc1C.